The summed E-state index contributed by atoms with van der Waals surface area (Å²) in [6, 6.07) is 8.44. The van der Waals surface area contributed by atoms with Crippen LogP contribution in [0, 0.1) is 24.0 Å². The van der Waals surface area contributed by atoms with Crippen LogP contribution in [-0.2, 0) is 0 Å². The summed E-state index contributed by atoms with van der Waals surface area (Å²) in [5, 5.41) is 13.9. The van der Waals surface area contributed by atoms with E-state index < -0.39 is 4.92 Å². The summed E-state index contributed by atoms with van der Waals surface area (Å²) in [5.74, 6) is 0.380. The number of benzene rings is 1. The van der Waals surface area contributed by atoms with Crippen molar-refractivity contribution in [2.75, 3.05) is 11.1 Å². The van der Waals surface area contributed by atoms with Crippen LogP contribution in [-0.4, -0.2) is 9.91 Å². The molecule has 6 nitrogen and oxygen atoms in total. The van der Waals surface area contributed by atoms with Crippen LogP contribution in [0.4, 0.5) is 23.0 Å². The Balaban J connectivity index is 2.39. The van der Waals surface area contributed by atoms with Gasteiger partial charge in [-0.3, -0.25) is 10.1 Å². The lowest BCUT2D eigenvalue weighted by atomic mass is 10.1. The van der Waals surface area contributed by atoms with Crippen LogP contribution in [0.25, 0.3) is 0 Å². The third-order valence-electron chi connectivity index (χ3n) is 2.86. The minimum atomic E-state index is -0.490. The molecular weight excluding hydrogens is 244 g/mol. The predicted octanol–water partition coefficient (Wildman–Crippen LogP) is 2.93. The van der Waals surface area contributed by atoms with E-state index in [1.165, 1.54) is 12.1 Å². The Hall–Kier alpha value is -2.63. The van der Waals surface area contributed by atoms with E-state index in [-0.39, 0.29) is 17.3 Å². The Kier molecular flexibility index (Phi) is 3.33. The molecule has 1 heterocycles. The molecule has 0 saturated heterocycles. The minimum absolute atomic E-state index is 0.104. The standard InChI is InChI=1S/C13H14N4O2/c1-8-3-4-10(7-9(8)2)15-13-11(17(18)19)5-6-12(14)16-13/h3-7H,1-2H3,(H3,14,15,16). The third kappa shape index (κ3) is 2.79. The van der Waals surface area contributed by atoms with Gasteiger partial charge in [0, 0.05) is 11.8 Å². The molecule has 0 bridgehead atoms. The molecule has 1 aromatic carbocycles. The number of anilines is 3. The Bertz CT molecular complexity index is 641. The van der Waals surface area contributed by atoms with Crippen molar-refractivity contribution in [3.63, 3.8) is 0 Å². The van der Waals surface area contributed by atoms with Gasteiger partial charge in [0.15, 0.2) is 0 Å². The number of aromatic nitrogens is 1. The molecule has 98 valence electrons. The monoisotopic (exact) mass is 258 g/mol. The van der Waals surface area contributed by atoms with Crippen LogP contribution in [0.5, 0.6) is 0 Å². The number of nitro groups is 1. The van der Waals surface area contributed by atoms with Crippen LogP contribution in [0.2, 0.25) is 0 Å². The maximum absolute atomic E-state index is 10.9. The summed E-state index contributed by atoms with van der Waals surface area (Å²) in [4.78, 5) is 14.4. The number of nitrogens with two attached hydrogens (primary N) is 1. The van der Waals surface area contributed by atoms with E-state index in [4.69, 9.17) is 5.73 Å². The Morgan fingerprint density at radius 3 is 2.58 bits per heavy atom. The van der Waals surface area contributed by atoms with Gasteiger partial charge in [-0.25, -0.2) is 4.98 Å². The van der Waals surface area contributed by atoms with Crippen LogP contribution in [0.15, 0.2) is 30.3 Å². The van der Waals surface area contributed by atoms with Gasteiger partial charge in [-0.1, -0.05) is 6.07 Å². The van der Waals surface area contributed by atoms with E-state index in [0.717, 1.165) is 16.8 Å². The van der Waals surface area contributed by atoms with Gasteiger partial charge in [0.05, 0.1) is 4.92 Å². The van der Waals surface area contributed by atoms with Crippen LogP contribution < -0.4 is 11.1 Å². The van der Waals surface area contributed by atoms with Crippen molar-refractivity contribution in [3.05, 3.63) is 51.6 Å². The molecule has 0 fully saturated rings. The fourth-order valence-corrected chi connectivity index (χ4v) is 1.66. The molecule has 0 spiro atoms. The first kappa shape index (κ1) is 12.8. The average molecular weight is 258 g/mol. The summed E-state index contributed by atoms with van der Waals surface area (Å²) >= 11 is 0. The van der Waals surface area contributed by atoms with Crippen LogP contribution in [0.1, 0.15) is 11.1 Å². The zero-order valence-corrected chi connectivity index (χ0v) is 10.7. The molecule has 2 aromatic rings. The Morgan fingerprint density at radius 2 is 1.95 bits per heavy atom. The second-order valence-electron chi connectivity index (χ2n) is 4.28. The molecule has 1 aromatic heterocycles. The maximum atomic E-state index is 10.9. The molecule has 0 aliphatic heterocycles. The quantitative estimate of drug-likeness (QED) is 0.652. The normalized spacial score (nSPS) is 10.2. The molecule has 0 atom stereocenters. The summed E-state index contributed by atoms with van der Waals surface area (Å²) < 4.78 is 0. The molecule has 6 heteroatoms. The fourth-order valence-electron chi connectivity index (χ4n) is 1.66. The Morgan fingerprint density at radius 1 is 1.21 bits per heavy atom. The molecule has 0 unspecified atom stereocenters. The third-order valence-corrected chi connectivity index (χ3v) is 2.86. The van der Waals surface area contributed by atoms with Gasteiger partial charge in [-0.15, -0.1) is 0 Å². The molecule has 2 rings (SSSR count). The van der Waals surface area contributed by atoms with Crippen molar-refractivity contribution in [2.24, 2.45) is 0 Å². The number of nitrogen functional groups attached to an aromatic ring is 1. The van der Waals surface area contributed by atoms with Gasteiger partial charge in [-0.05, 0) is 43.2 Å². The summed E-state index contributed by atoms with van der Waals surface area (Å²) in [5.41, 5.74) is 8.44. The highest BCUT2D eigenvalue weighted by Crippen LogP contribution is 2.27. The Labute approximate surface area is 110 Å². The molecule has 0 radical (unpaired) electrons. The summed E-state index contributed by atoms with van der Waals surface area (Å²) in [7, 11) is 0. The first-order chi connectivity index (χ1) is 8.97. The largest absolute Gasteiger partial charge is 0.384 e. The van der Waals surface area contributed by atoms with Crippen molar-refractivity contribution in [1.29, 1.82) is 0 Å². The number of rotatable bonds is 3. The van der Waals surface area contributed by atoms with E-state index in [1.807, 2.05) is 32.0 Å². The predicted molar refractivity (Wildman–Crippen MR) is 74.5 cm³/mol. The fraction of sp³-hybridized carbons (Fsp3) is 0.154. The second kappa shape index (κ2) is 4.93. The summed E-state index contributed by atoms with van der Waals surface area (Å²) in [6.07, 6.45) is 0. The molecular formula is C13H14N4O2. The molecule has 3 N–H and O–H groups in total. The zero-order valence-electron chi connectivity index (χ0n) is 10.7. The van der Waals surface area contributed by atoms with Gasteiger partial charge < -0.3 is 11.1 Å². The van der Waals surface area contributed by atoms with Gasteiger partial charge in [0.1, 0.15) is 5.82 Å². The lowest BCUT2D eigenvalue weighted by Crippen LogP contribution is -2.02. The minimum Gasteiger partial charge on any atom is -0.384 e. The van der Waals surface area contributed by atoms with Crippen molar-refractivity contribution < 1.29 is 4.92 Å². The van der Waals surface area contributed by atoms with E-state index in [2.05, 4.69) is 10.3 Å². The second-order valence-corrected chi connectivity index (χ2v) is 4.28. The topological polar surface area (TPSA) is 94.1 Å². The van der Waals surface area contributed by atoms with Crippen molar-refractivity contribution >= 4 is 23.0 Å². The van der Waals surface area contributed by atoms with E-state index in [9.17, 15) is 10.1 Å². The van der Waals surface area contributed by atoms with Gasteiger partial charge >= 0.3 is 5.69 Å². The van der Waals surface area contributed by atoms with E-state index >= 15 is 0 Å². The number of aryl methyl sites for hydroxylation is 2. The molecule has 0 aliphatic carbocycles. The highest BCUT2D eigenvalue weighted by Gasteiger charge is 2.15. The SMILES string of the molecule is Cc1ccc(Nc2nc(N)ccc2[N+](=O)[O-])cc1C. The van der Waals surface area contributed by atoms with Crippen molar-refractivity contribution in [3.8, 4) is 0 Å². The molecule has 19 heavy (non-hydrogen) atoms. The summed E-state index contributed by atoms with van der Waals surface area (Å²) in [6.45, 7) is 3.97. The van der Waals surface area contributed by atoms with Crippen molar-refractivity contribution in [1.82, 2.24) is 4.98 Å². The average Bonchev–Trinajstić information content (AvgIpc) is 2.33. The maximum Gasteiger partial charge on any atom is 0.311 e. The number of hydrogen-bond donors (Lipinski definition) is 2. The number of nitrogens with zero attached hydrogens (tertiary/aromatic N) is 2. The lowest BCUT2D eigenvalue weighted by Gasteiger charge is -2.08. The molecule has 0 aliphatic rings. The van der Waals surface area contributed by atoms with Crippen LogP contribution in [0.3, 0.4) is 0 Å². The lowest BCUT2D eigenvalue weighted by molar-refractivity contribution is -0.384. The smallest absolute Gasteiger partial charge is 0.311 e. The van der Waals surface area contributed by atoms with E-state index in [1.54, 1.807) is 0 Å². The van der Waals surface area contributed by atoms with Crippen molar-refractivity contribution in [2.45, 2.75) is 13.8 Å². The molecule has 0 saturated carbocycles. The first-order valence-electron chi connectivity index (χ1n) is 5.72. The number of nitrogens with one attached hydrogen (secondary N) is 1. The highest BCUT2D eigenvalue weighted by atomic mass is 16.6. The first-order valence-corrected chi connectivity index (χ1v) is 5.72. The van der Waals surface area contributed by atoms with Gasteiger partial charge in [-0.2, -0.15) is 0 Å². The van der Waals surface area contributed by atoms with E-state index in [0.29, 0.717) is 0 Å². The number of pyridine rings is 1. The van der Waals surface area contributed by atoms with Crippen LogP contribution >= 0.6 is 0 Å². The zero-order chi connectivity index (χ0) is 14.0. The molecule has 0 amide bonds. The number of hydrogen-bond acceptors (Lipinski definition) is 5. The highest BCUT2D eigenvalue weighted by molar-refractivity contribution is 5.67. The van der Waals surface area contributed by atoms with Gasteiger partial charge in [0.25, 0.3) is 0 Å². The van der Waals surface area contributed by atoms with Gasteiger partial charge in [0.2, 0.25) is 5.82 Å².